The Kier molecular flexibility index (Phi) is 4.48. The van der Waals surface area contributed by atoms with Crippen LogP contribution in [0.5, 0.6) is 0 Å². The molecule has 27 heavy (non-hydrogen) atoms. The van der Waals surface area contributed by atoms with Crippen LogP contribution in [0, 0.1) is 11.3 Å². The normalized spacial score (nSPS) is 13.1. The Morgan fingerprint density at radius 3 is 2.04 bits per heavy atom. The van der Waals surface area contributed by atoms with Crippen molar-refractivity contribution in [3.63, 3.8) is 0 Å². The maximum absolute atomic E-state index is 13.3. The summed E-state index contributed by atoms with van der Waals surface area (Å²) in [6, 6.07) is 29.7. The van der Waals surface area contributed by atoms with Crippen LogP contribution in [-0.4, -0.2) is 12.5 Å². The largest absolute Gasteiger partial charge is 0.312 e. The summed E-state index contributed by atoms with van der Waals surface area (Å²) in [7, 11) is 0. The number of para-hydroxylation sites is 1. The van der Waals surface area contributed by atoms with E-state index in [1.54, 1.807) is 0 Å². The average Bonchev–Trinajstić information content (AvgIpc) is 3.17. The summed E-state index contributed by atoms with van der Waals surface area (Å²) in [6.45, 7) is 0.670. The lowest BCUT2D eigenvalue weighted by Gasteiger charge is -2.29. The van der Waals surface area contributed by atoms with Gasteiger partial charge in [-0.25, -0.2) is 0 Å². The van der Waals surface area contributed by atoms with Gasteiger partial charge in [-0.1, -0.05) is 78.9 Å². The van der Waals surface area contributed by atoms with Crippen molar-refractivity contribution in [2.45, 2.75) is 18.3 Å². The van der Waals surface area contributed by atoms with Gasteiger partial charge in [0.1, 0.15) is 5.41 Å². The number of nitriles is 1. The van der Waals surface area contributed by atoms with E-state index in [0.29, 0.717) is 6.54 Å². The Bertz CT molecular complexity index is 950. The van der Waals surface area contributed by atoms with Crippen LogP contribution >= 0.6 is 0 Å². The molecule has 0 bridgehead atoms. The number of fused-ring (bicyclic) bond motifs is 1. The average molecular weight is 352 g/mol. The highest BCUT2D eigenvalue weighted by atomic mass is 16.2. The fourth-order valence-corrected chi connectivity index (χ4v) is 3.90. The van der Waals surface area contributed by atoms with Crippen molar-refractivity contribution in [3.8, 4) is 6.07 Å². The second-order valence-corrected chi connectivity index (χ2v) is 6.85. The zero-order valence-corrected chi connectivity index (χ0v) is 15.0. The van der Waals surface area contributed by atoms with Crippen molar-refractivity contribution < 1.29 is 4.79 Å². The van der Waals surface area contributed by atoms with E-state index in [1.165, 1.54) is 5.56 Å². The Balaban J connectivity index is 1.75. The van der Waals surface area contributed by atoms with Crippen LogP contribution in [0.4, 0.5) is 5.69 Å². The molecular formula is C24H20N2O. The summed E-state index contributed by atoms with van der Waals surface area (Å²) in [5.74, 6) is -0.0193. The van der Waals surface area contributed by atoms with E-state index in [4.69, 9.17) is 0 Å². The number of amides is 1. The van der Waals surface area contributed by atoms with E-state index in [-0.39, 0.29) is 12.3 Å². The SMILES string of the molecule is N#CC(CC(=O)N1CCc2ccccc21)(c1ccccc1)c1ccccc1. The lowest BCUT2D eigenvalue weighted by atomic mass is 9.73. The molecule has 1 heterocycles. The number of hydrogen-bond donors (Lipinski definition) is 0. The van der Waals surface area contributed by atoms with Crippen LogP contribution in [0.15, 0.2) is 84.9 Å². The number of anilines is 1. The molecule has 0 aromatic heterocycles. The number of rotatable bonds is 4. The smallest absolute Gasteiger partial charge is 0.229 e. The van der Waals surface area contributed by atoms with E-state index >= 15 is 0 Å². The van der Waals surface area contributed by atoms with Crippen molar-refractivity contribution >= 4 is 11.6 Å². The van der Waals surface area contributed by atoms with Crippen LogP contribution < -0.4 is 4.90 Å². The minimum absolute atomic E-state index is 0.0193. The van der Waals surface area contributed by atoms with Crippen LogP contribution in [0.3, 0.4) is 0 Å². The first-order chi connectivity index (χ1) is 13.2. The molecule has 0 radical (unpaired) electrons. The van der Waals surface area contributed by atoms with Gasteiger partial charge < -0.3 is 4.90 Å². The van der Waals surface area contributed by atoms with Gasteiger partial charge in [-0.15, -0.1) is 0 Å². The maximum atomic E-state index is 13.3. The Hall–Kier alpha value is -3.38. The Morgan fingerprint density at radius 2 is 1.44 bits per heavy atom. The highest BCUT2D eigenvalue weighted by molar-refractivity contribution is 5.97. The molecule has 1 aliphatic heterocycles. The van der Waals surface area contributed by atoms with Gasteiger partial charge >= 0.3 is 0 Å². The summed E-state index contributed by atoms with van der Waals surface area (Å²) in [5.41, 5.74) is 2.85. The highest BCUT2D eigenvalue weighted by Crippen LogP contribution is 2.37. The minimum Gasteiger partial charge on any atom is -0.312 e. The quantitative estimate of drug-likeness (QED) is 0.695. The van der Waals surface area contributed by atoms with Crippen molar-refractivity contribution in [3.05, 3.63) is 102 Å². The number of hydrogen-bond acceptors (Lipinski definition) is 2. The first-order valence-electron chi connectivity index (χ1n) is 9.15. The molecule has 0 fully saturated rings. The number of nitrogens with zero attached hydrogens (tertiary/aromatic N) is 2. The molecule has 0 saturated carbocycles. The fraction of sp³-hybridized carbons (Fsp3) is 0.167. The lowest BCUT2D eigenvalue weighted by molar-refractivity contribution is -0.119. The van der Waals surface area contributed by atoms with Gasteiger partial charge in [0.25, 0.3) is 0 Å². The molecule has 0 saturated heterocycles. The van der Waals surface area contributed by atoms with Gasteiger partial charge in [-0.05, 0) is 29.2 Å². The molecule has 0 aliphatic carbocycles. The van der Waals surface area contributed by atoms with Gasteiger partial charge in [0, 0.05) is 12.2 Å². The maximum Gasteiger partial charge on any atom is 0.229 e. The molecule has 0 spiro atoms. The summed E-state index contributed by atoms with van der Waals surface area (Å²) < 4.78 is 0. The standard InChI is InChI=1S/C24H20N2O/c25-18-24(20-10-3-1-4-11-20,21-12-5-2-6-13-21)17-23(27)26-16-15-19-9-7-8-14-22(19)26/h1-14H,15-17H2. The molecule has 0 unspecified atom stereocenters. The molecule has 3 nitrogen and oxygen atoms in total. The molecule has 0 atom stereocenters. The van der Waals surface area contributed by atoms with Crippen LogP contribution in [0.2, 0.25) is 0 Å². The Labute approximate surface area is 159 Å². The number of carbonyl (C=O) groups excluding carboxylic acids is 1. The monoisotopic (exact) mass is 352 g/mol. The lowest BCUT2D eigenvalue weighted by Crippen LogP contribution is -2.37. The summed E-state index contributed by atoms with van der Waals surface area (Å²) in [6.07, 6.45) is 0.976. The summed E-state index contributed by atoms with van der Waals surface area (Å²) >= 11 is 0. The van der Waals surface area contributed by atoms with Crippen LogP contribution in [-0.2, 0) is 16.6 Å². The third-order valence-corrected chi connectivity index (χ3v) is 5.33. The third-order valence-electron chi connectivity index (χ3n) is 5.33. The predicted octanol–water partition coefficient (Wildman–Crippen LogP) is 4.48. The third kappa shape index (κ3) is 3.00. The zero-order valence-electron chi connectivity index (χ0n) is 15.0. The van der Waals surface area contributed by atoms with Gasteiger partial charge in [0.15, 0.2) is 0 Å². The molecular weight excluding hydrogens is 332 g/mol. The van der Waals surface area contributed by atoms with E-state index in [2.05, 4.69) is 12.1 Å². The molecule has 3 aromatic rings. The van der Waals surface area contributed by atoms with Crippen molar-refractivity contribution in [2.75, 3.05) is 11.4 Å². The molecule has 0 N–H and O–H groups in total. The number of benzene rings is 3. The van der Waals surface area contributed by atoms with E-state index in [9.17, 15) is 10.1 Å². The molecule has 3 aromatic carbocycles. The molecule has 1 amide bonds. The number of carbonyl (C=O) groups is 1. The van der Waals surface area contributed by atoms with E-state index in [0.717, 1.165) is 23.2 Å². The van der Waals surface area contributed by atoms with Gasteiger partial charge in [0.2, 0.25) is 5.91 Å². The van der Waals surface area contributed by atoms with Crippen molar-refractivity contribution in [2.24, 2.45) is 0 Å². The van der Waals surface area contributed by atoms with Crippen LogP contribution in [0.25, 0.3) is 0 Å². The van der Waals surface area contributed by atoms with Crippen molar-refractivity contribution in [1.29, 1.82) is 5.26 Å². The second-order valence-electron chi connectivity index (χ2n) is 6.85. The van der Waals surface area contributed by atoms with Crippen LogP contribution in [0.1, 0.15) is 23.1 Å². The molecule has 3 heteroatoms. The molecule has 4 rings (SSSR count). The zero-order chi connectivity index (χ0) is 18.7. The Morgan fingerprint density at radius 1 is 0.889 bits per heavy atom. The minimum atomic E-state index is -1.00. The topological polar surface area (TPSA) is 44.1 Å². The van der Waals surface area contributed by atoms with Gasteiger partial charge in [-0.3, -0.25) is 4.79 Å². The molecule has 1 aliphatic rings. The highest BCUT2D eigenvalue weighted by Gasteiger charge is 2.39. The fourth-order valence-electron chi connectivity index (χ4n) is 3.90. The first-order valence-corrected chi connectivity index (χ1v) is 9.15. The van der Waals surface area contributed by atoms with E-state index in [1.807, 2.05) is 83.8 Å². The van der Waals surface area contributed by atoms with Gasteiger partial charge in [0.05, 0.1) is 12.5 Å². The summed E-state index contributed by atoms with van der Waals surface area (Å²) in [4.78, 5) is 15.1. The first kappa shape index (κ1) is 17.1. The predicted molar refractivity (Wildman–Crippen MR) is 106 cm³/mol. The molecule has 132 valence electrons. The second kappa shape index (κ2) is 7.09. The van der Waals surface area contributed by atoms with E-state index < -0.39 is 5.41 Å². The van der Waals surface area contributed by atoms with Crippen molar-refractivity contribution in [1.82, 2.24) is 0 Å². The van der Waals surface area contributed by atoms with Gasteiger partial charge in [-0.2, -0.15) is 5.26 Å². The summed E-state index contributed by atoms with van der Waals surface area (Å²) in [5, 5.41) is 10.2.